The van der Waals surface area contributed by atoms with Gasteiger partial charge in [-0.25, -0.2) is 9.36 Å². The highest BCUT2D eigenvalue weighted by molar-refractivity contribution is 8.74. The van der Waals surface area contributed by atoms with Crippen LogP contribution in [0.1, 0.15) is 24.2 Å². The molecule has 0 aliphatic heterocycles. The van der Waals surface area contributed by atoms with E-state index in [0.717, 1.165) is 49.6 Å². The molecule has 32 heavy (non-hydrogen) atoms. The maximum absolute atomic E-state index is 11.8. The maximum Gasteiger partial charge on any atom is 0.471 e. The van der Waals surface area contributed by atoms with Gasteiger partial charge in [-0.1, -0.05) is 16.0 Å². The molecule has 3 rings (SSSR count). The molecule has 1 heterocycles. The lowest BCUT2D eigenvalue weighted by Crippen LogP contribution is -2.26. The van der Waals surface area contributed by atoms with Crippen molar-refractivity contribution < 1.29 is 37.1 Å². The van der Waals surface area contributed by atoms with Gasteiger partial charge in [0.25, 0.3) is 0 Å². The summed E-state index contributed by atoms with van der Waals surface area (Å²) in [6.07, 6.45) is 3.43. The summed E-state index contributed by atoms with van der Waals surface area (Å²) < 4.78 is 32.2. The van der Waals surface area contributed by atoms with Crippen LogP contribution < -0.4 is 5.48 Å². The van der Waals surface area contributed by atoms with Crippen LogP contribution in [-0.2, 0) is 47.3 Å². The Kier molecular flexibility index (Phi) is 10.1. The minimum absolute atomic E-state index is 0.0667. The summed E-state index contributed by atoms with van der Waals surface area (Å²) in [5.74, 6) is 2.12. The second-order valence-electron chi connectivity index (χ2n) is 7.42. The normalized spacial score (nSPS) is 23.9. The first-order chi connectivity index (χ1) is 15.4. The van der Waals surface area contributed by atoms with E-state index >= 15 is 0 Å². The van der Waals surface area contributed by atoms with Crippen molar-refractivity contribution in [1.29, 1.82) is 0 Å². The predicted octanol–water partition coefficient (Wildman–Crippen LogP) is 2.29. The molecule has 4 atom stereocenters. The molecule has 12 nitrogen and oxygen atoms in total. The highest BCUT2D eigenvalue weighted by atomic mass is 33.1. The number of hydroxylamine groups is 1. The number of aromatic nitrogens is 3. The monoisotopic (exact) mass is 512 g/mol. The Morgan fingerprint density at radius 2 is 2.06 bits per heavy atom. The zero-order valence-electron chi connectivity index (χ0n) is 18.0. The molecule has 1 amide bonds. The molecular formula is C17H29N4O8PS2. The fraction of sp³-hybridized carbons (Fsp3) is 0.824. The number of rotatable bonds is 13. The topological polar surface area (TPSA) is 143 Å². The van der Waals surface area contributed by atoms with Crippen LogP contribution in [0.3, 0.4) is 0 Å². The number of nitrogens with zero attached hydrogens (tertiary/aromatic N) is 3. The van der Waals surface area contributed by atoms with Crippen molar-refractivity contribution in [2.75, 3.05) is 39.3 Å². The van der Waals surface area contributed by atoms with Crippen molar-refractivity contribution in [1.82, 2.24) is 20.5 Å². The van der Waals surface area contributed by atoms with Gasteiger partial charge in [0.2, 0.25) is 0 Å². The van der Waals surface area contributed by atoms with Gasteiger partial charge >= 0.3 is 13.9 Å². The van der Waals surface area contributed by atoms with Crippen LogP contribution in [0.2, 0.25) is 0 Å². The van der Waals surface area contributed by atoms with E-state index in [2.05, 4.69) is 24.8 Å². The van der Waals surface area contributed by atoms with Crippen LogP contribution in [-0.4, -0.2) is 65.3 Å². The van der Waals surface area contributed by atoms with Crippen LogP contribution >= 0.6 is 29.7 Å². The van der Waals surface area contributed by atoms with Gasteiger partial charge in [-0.15, -0.1) is 5.10 Å². The number of carbonyl (C=O) groups is 1. The largest absolute Gasteiger partial charge is 0.471 e. The van der Waals surface area contributed by atoms with Crippen molar-refractivity contribution >= 4 is 35.8 Å². The van der Waals surface area contributed by atoms with Crippen LogP contribution in [0.15, 0.2) is 0 Å². The van der Waals surface area contributed by atoms with Gasteiger partial charge in [0, 0.05) is 19.9 Å². The molecule has 0 saturated heterocycles. The fourth-order valence-electron chi connectivity index (χ4n) is 3.88. The molecule has 0 radical (unpaired) electrons. The van der Waals surface area contributed by atoms with Gasteiger partial charge in [0.05, 0.1) is 48.9 Å². The van der Waals surface area contributed by atoms with E-state index in [-0.39, 0.29) is 19.8 Å². The second kappa shape index (κ2) is 12.6. The van der Waals surface area contributed by atoms with E-state index in [1.165, 1.54) is 16.5 Å². The van der Waals surface area contributed by atoms with Gasteiger partial charge in [0.1, 0.15) is 0 Å². The maximum atomic E-state index is 11.8. The summed E-state index contributed by atoms with van der Waals surface area (Å²) in [4.78, 5) is 26.0. The Morgan fingerprint density at radius 1 is 1.28 bits per heavy atom. The minimum Gasteiger partial charge on any atom is -0.448 e. The van der Waals surface area contributed by atoms with Crippen molar-refractivity contribution in [2.45, 2.75) is 25.7 Å². The first-order valence-corrected chi connectivity index (χ1v) is 14.0. The van der Waals surface area contributed by atoms with Crippen LogP contribution in [0.5, 0.6) is 0 Å². The molecule has 2 N–H and O–H groups in total. The first-order valence-electron chi connectivity index (χ1n) is 10.3. The molecule has 1 aromatic heterocycles. The SMILES string of the molecule is COP(=O)(O)OCCOSSCCONC(=O)OC[C@@H]1[C@@H]2CCc3nnn(C)c3CC[C@@H]21. The van der Waals surface area contributed by atoms with E-state index in [1.54, 1.807) is 0 Å². The number of amides is 1. The summed E-state index contributed by atoms with van der Waals surface area (Å²) in [7, 11) is 0.423. The molecule has 182 valence electrons. The fourth-order valence-corrected chi connectivity index (χ4v) is 5.53. The number of phosphoric ester groups is 1. The third-order valence-electron chi connectivity index (χ3n) is 5.54. The Balaban J connectivity index is 1.16. The number of carbonyl (C=O) groups excluding carboxylic acids is 1. The highest BCUT2D eigenvalue weighted by Crippen LogP contribution is 2.52. The number of aryl methyl sites for hydroxylation is 2. The smallest absolute Gasteiger partial charge is 0.448 e. The molecule has 2 aliphatic carbocycles. The quantitative estimate of drug-likeness (QED) is 0.132. The molecular weight excluding hydrogens is 483 g/mol. The summed E-state index contributed by atoms with van der Waals surface area (Å²) in [6, 6.07) is 0. The summed E-state index contributed by atoms with van der Waals surface area (Å²) in [5.41, 5.74) is 4.60. The standard InChI is InChI=1S/C17H29N4O8PS2/c1-21-16-6-4-13-12(3-5-15(16)18-20-21)14(13)11-26-17(22)19-27-9-10-31-32-29-8-7-28-30(23,24)25-2/h12-14H,3-11H2,1-2H3,(H,19,22)(H,23,24)/t12-,13+,14-/m1/s1. The molecule has 1 aromatic rings. The van der Waals surface area contributed by atoms with E-state index in [9.17, 15) is 9.36 Å². The molecule has 2 aliphatic rings. The number of hydrogen-bond donors (Lipinski definition) is 2. The number of nitrogens with one attached hydrogen (secondary N) is 1. The molecule has 1 fully saturated rings. The lowest BCUT2D eigenvalue weighted by molar-refractivity contribution is 0.0332. The number of fused-ring (bicyclic) bond motifs is 2. The number of hydrogen-bond acceptors (Lipinski definition) is 11. The van der Waals surface area contributed by atoms with E-state index in [1.807, 2.05) is 11.7 Å². The Morgan fingerprint density at radius 3 is 2.84 bits per heavy atom. The highest BCUT2D eigenvalue weighted by Gasteiger charge is 2.50. The van der Waals surface area contributed by atoms with Crippen molar-refractivity contribution in [3.05, 3.63) is 11.4 Å². The van der Waals surface area contributed by atoms with E-state index < -0.39 is 13.9 Å². The lowest BCUT2D eigenvalue weighted by Gasteiger charge is -2.08. The van der Waals surface area contributed by atoms with Gasteiger partial charge in [0.15, 0.2) is 0 Å². The third-order valence-corrected chi connectivity index (χ3v) is 8.28. The van der Waals surface area contributed by atoms with Crippen LogP contribution in [0.4, 0.5) is 4.79 Å². The lowest BCUT2D eigenvalue weighted by atomic mass is 10.0. The zero-order valence-corrected chi connectivity index (χ0v) is 20.5. The molecule has 0 aromatic carbocycles. The molecule has 1 saturated carbocycles. The summed E-state index contributed by atoms with van der Waals surface area (Å²) in [5, 5.41) is 8.37. The van der Waals surface area contributed by atoms with Gasteiger partial charge in [-0.3, -0.25) is 18.6 Å². The number of ether oxygens (including phenoxy) is 1. The van der Waals surface area contributed by atoms with Gasteiger partial charge in [-0.05, 0) is 43.4 Å². The first kappa shape index (κ1) is 25.8. The van der Waals surface area contributed by atoms with Crippen LogP contribution in [0, 0.1) is 17.8 Å². The third kappa shape index (κ3) is 7.87. The molecule has 15 heteroatoms. The summed E-state index contributed by atoms with van der Waals surface area (Å²) >= 11 is 1.10. The second-order valence-corrected chi connectivity index (χ2v) is 11.1. The van der Waals surface area contributed by atoms with Gasteiger partial charge < -0.3 is 13.8 Å². The van der Waals surface area contributed by atoms with E-state index in [0.29, 0.717) is 30.1 Å². The Hall–Kier alpha value is -0.860. The van der Waals surface area contributed by atoms with Crippen molar-refractivity contribution in [3.8, 4) is 0 Å². The minimum atomic E-state index is -3.96. The van der Waals surface area contributed by atoms with Crippen LogP contribution in [0.25, 0.3) is 0 Å². The van der Waals surface area contributed by atoms with Gasteiger partial charge in [-0.2, -0.15) is 5.48 Å². The van der Waals surface area contributed by atoms with Crippen molar-refractivity contribution in [3.63, 3.8) is 0 Å². The number of phosphoric acid groups is 1. The molecule has 0 spiro atoms. The summed E-state index contributed by atoms with van der Waals surface area (Å²) in [6.45, 7) is 0.732. The van der Waals surface area contributed by atoms with Crippen molar-refractivity contribution in [2.24, 2.45) is 24.8 Å². The molecule has 0 bridgehead atoms. The van der Waals surface area contributed by atoms with E-state index in [4.69, 9.17) is 18.7 Å². The average molecular weight is 513 g/mol. The predicted molar refractivity (Wildman–Crippen MR) is 117 cm³/mol. The Labute approximate surface area is 194 Å². The average Bonchev–Trinajstić information content (AvgIpc) is 3.29. The Bertz CT molecular complexity index is 801. The molecule has 1 unspecified atom stereocenters. The zero-order chi connectivity index (χ0) is 23.0.